The highest BCUT2D eigenvalue weighted by Crippen LogP contribution is 2.56. The molecule has 1 heterocycles. The summed E-state index contributed by atoms with van der Waals surface area (Å²) in [7, 11) is 1.48. The van der Waals surface area contributed by atoms with Gasteiger partial charge in [0.05, 0.1) is 6.61 Å². The van der Waals surface area contributed by atoms with E-state index in [2.05, 4.69) is 4.99 Å². The Morgan fingerprint density at radius 3 is 2.96 bits per heavy atom. The van der Waals surface area contributed by atoms with Gasteiger partial charge in [-0.2, -0.15) is 0 Å². The highest BCUT2D eigenvalue weighted by molar-refractivity contribution is 5.81. The fraction of sp³-hybridized carbons (Fsp3) is 0.529. The van der Waals surface area contributed by atoms with Crippen LogP contribution < -0.4 is 5.73 Å². The lowest BCUT2D eigenvalue weighted by Gasteiger charge is -2.33. The summed E-state index contributed by atoms with van der Waals surface area (Å²) in [6, 6.07) is 3.44. The number of aliphatic imine (C=N–C) groups is 1. The van der Waals surface area contributed by atoms with Gasteiger partial charge in [0, 0.05) is 31.4 Å². The van der Waals surface area contributed by atoms with Crippen LogP contribution in [0.5, 0.6) is 0 Å². The van der Waals surface area contributed by atoms with Crippen molar-refractivity contribution in [3.8, 4) is 0 Å². The molecule has 0 amide bonds. The Bertz CT molecular complexity index is 710. The number of hydrogen-bond donors (Lipinski definition) is 1. The molecule has 0 saturated heterocycles. The molecule has 8 heteroatoms. The van der Waals surface area contributed by atoms with Crippen LogP contribution in [0.1, 0.15) is 24.0 Å². The first-order chi connectivity index (χ1) is 11.9. The van der Waals surface area contributed by atoms with Crippen LogP contribution in [-0.2, 0) is 26.2 Å². The van der Waals surface area contributed by atoms with Gasteiger partial charge in [0.1, 0.15) is 17.7 Å². The second kappa shape index (κ2) is 6.67. The molecule has 1 aliphatic heterocycles. The average molecular weight is 356 g/mol. The number of carbonyl (C=O) groups is 1. The predicted molar refractivity (Wildman–Crippen MR) is 83.9 cm³/mol. The highest BCUT2D eigenvalue weighted by Gasteiger charge is 2.64. The summed E-state index contributed by atoms with van der Waals surface area (Å²) < 4.78 is 52.4. The Morgan fingerprint density at radius 2 is 2.28 bits per heavy atom. The summed E-state index contributed by atoms with van der Waals surface area (Å²) in [5, 5.41) is 0. The topological polar surface area (TPSA) is 73.9 Å². The fourth-order valence-corrected chi connectivity index (χ4v) is 3.32. The van der Waals surface area contributed by atoms with Crippen molar-refractivity contribution in [2.24, 2.45) is 16.6 Å². The van der Waals surface area contributed by atoms with Crippen molar-refractivity contribution in [3.05, 3.63) is 35.1 Å². The lowest BCUT2D eigenvalue weighted by Crippen LogP contribution is -2.43. The lowest BCUT2D eigenvalue weighted by atomic mass is 9.83. The molecule has 136 valence electrons. The summed E-state index contributed by atoms with van der Waals surface area (Å²) in [5.74, 6) is -1.55. The molecule has 2 aliphatic rings. The molecule has 0 bridgehead atoms. The Morgan fingerprint density at radius 1 is 1.52 bits per heavy atom. The van der Waals surface area contributed by atoms with Crippen LogP contribution in [-0.4, -0.2) is 38.1 Å². The van der Waals surface area contributed by atoms with Gasteiger partial charge in [-0.15, -0.1) is 0 Å². The molecule has 1 aromatic carbocycles. The van der Waals surface area contributed by atoms with Gasteiger partial charge in [-0.3, -0.25) is 4.79 Å². The standard InChI is InChI=1S/C17H19F3N2O3/c1-24-5-4-10(23)6-9-2-3-13(18)11(7-9)17(15(19)20)12-8-14(12)25-16(21)22-17/h2-3,7,12,14-15H,4-6,8H2,1H3,(H2,21,22)/t12-,14+,17+/m0/s1. The first-order valence-corrected chi connectivity index (χ1v) is 7.98. The molecule has 1 aromatic rings. The zero-order chi connectivity index (χ0) is 18.2. The smallest absolute Gasteiger partial charge is 0.283 e. The largest absolute Gasteiger partial charge is 0.462 e. The second-order valence-corrected chi connectivity index (χ2v) is 6.35. The summed E-state index contributed by atoms with van der Waals surface area (Å²) in [4.78, 5) is 15.7. The summed E-state index contributed by atoms with van der Waals surface area (Å²) in [6.07, 6.45) is -2.87. The van der Waals surface area contributed by atoms with E-state index in [4.69, 9.17) is 15.2 Å². The van der Waals surface area contributed by atoms with E-state index < -0.39 is 29.8 Å². The van der Waals surface area contributed by atoms with E-state index in [1.165, 1.54) is 19.2 Å². The monoisotopic (exact) mass is 356 g/mol. The van der Waals surface area contributed by atoms with Crippen LogP contribution >= 0.6 is 0 Å². The zero-order valence-corrected chi connectivity index (χ0v) is 13.7. The molecule has 0 spiro atoms. The molecule has 0 aromatic heterocycles. The SMILES string of the molecule is COCCC(=O)Cc1ccc(F)c([C@@]2(C(F)F)N=C(N)O[C@@H]3C[C@@H]32)c1. The highest BCUT2D eigenvalue weighted by atomic mass is 19.3. The second-order valence-electron chi connectivity index (χ2n) is 6.35. The molecule has 3 rings (SSSR count). The molecular weight excluding hydrogens is 337 g/mol. The van der Waals surface area contributed by atoms with E-state index in [9.17, 15) is 18.0 Å². The van der Waals surface area contributed by atoms with E-state index in [1.54, 1.807) is 0 Å². The van der Waals surface area contributed by atoms with Crippen LogP contribution in [0.4, 0.5) is 13.2 Å². The minimum Gasteiger partial charge on any atom is -0.462 e. The number of alkyl halides is 2. The normalized spacial score (nSPS) is 27.5. The summed E-state index contributed by atoms with van der Waals surface area (Å²) in [5.41, 5.74) is 3.68. The third-order valence-electron chi connectivity index (χ3n) is 4.65. The van der Waals surface area contributed by atoms with Crippen molar-refractivity contribution in [1.82, 2.24) is 0 Å². The van der Waals surface area contributed by atoms with Gasteiger partial charge in [0.25, 0.3) is 12.4 Å². The van der Waals surface area contributed by atoms with Crippen molar-refractivity contribution >= 4 is 11.8 Å². The van der Waals surface area contributed by atoms with Gasteiger partial charge in [0.2, 0.25) is 0 Å². The van der Waals surface area contributed by atoms with E-state index in [1.807, 2.05) is 0 Å². The van der Waals surface area contributed by atoms with Gasteiger partial charge in [0.15, 0.2) is 5.54 Å². The Balaban J connectivity index is 1.96. The molecule has 1 aliphatic carbocycles. The number of ketones is 1. The summed E-state index contributed by atoms with van der Waals surface area (Å²) >= 11 is 0. The van der Waals surface area contributed by atoms with E-state index in [0.29, 0.717) is 12.0 Å². The zero-order valence-electron chi connectivity index (χ0n) is 13.7. The molecular formula is C17H19F3N2O3. The minimum atomic E-state index is -2.95. The van der Waals surface area contributed by atoms with Crippen molar-refractivity contribution in [1.29, 1.82) is 0 Å². The predicted octanol–water partition coefficient (Wildman–Crippen LogP) is 2.17. The van der Waals surface area contributed by atoms with Gasteiger partial charge < -0.3 is 15.2 Å². The van der Waals surface area contributed by atoms with Crippen LogP contribution in [0.3, 0.4) is 0 Å². The third-order valence-corrected chi connectivity index (χ3v) is 4.65. The van der Waals surface area contributed by atoms with E-state index >= 15 is 0 Å². The fourth-order valence-electron chi connectivity index (χ4n) is 3.32. The first kappa shape index (κ1) is 17.7. The summed E-state index contributed by atoms with van der Waals surface area (Å²) in [6.45, 7) is 0.274. The maximum absolute atomic E-state index is 14.4. The number of Topliss-reactive ketones (excluding diaryl/α,β-unsaturated/α-hetero) is 1. The third kappa shape index (κ3) is 3.22. The number of rotatable bonds is 7. The Kier molecular flexibility index (Phi) is 4.73. The Labute approximate surface area is 143 Å². The molecule has 1 fully saturated rings. The Hall–Kier alpha value is -2.09. The molecule has 0 unspecified atom stereocenters. The van der Waals surface area contributed by atoms with Crippen LogP contribution in [0, 0.1) is 11.7 Å². The minimum absolute atomic E-state index is 0.0136. The average Bonchev–Trinajstić information content (AvgIpc) is 3.33. The number of nitrogens with two attached hydrogens (primary N) is 1. The number of amidine groups is 1. The maximum Gasteiger partial charge on any atom is 0.283 e. The quantitative estimate of drug-likeness (QED) is 0.813. The number of methoxy groups -OCH3 is 1. The van der Waals surface area contributed by atoms with Crippen molar-refractivity contribution in [2.75, 3.05) is 13.7 Å². The number of nitrogens with zero attached hydrogens (tertiary/aromatic N) is 1. The van der Waals surface area contributed by atoms with Crippen LogP contribution in [0.2, 0.25) is 0 Å². The molecule has 3 atom stereocenters. The number of halogens is 3. The molecule has 2 N–H and O–H groups in total. The molecule has 1 saturated carbocycles. The van der Waals surface area contributed by atoms with Crippen LogP contribution in [0.25, 0.3) is 0 Å². The van der Waals surface area contributed by atoms with Crippen LogP contribution in [0.15, 0.2) is 23.2 Å². The molecule has 5 nitrogen and oxygen atoms in total. The number of benzene rings is 1. The van der Waals surface area contributed by atoms with Gasteiger partial charge in [-0.25, -0.2) is 18.2 Å². The van der Waals surface area contributed by atoms with Crippen molar-refractivity contribution < 1.29 is 27.4 Å². The van der Waals surface area contributed by atoms with E-state index in [0.717, 1.165) is 6.07 Å². The molecule has 25 heavy (non-hydrogen) atoms. The maximum atomic E-state index is 14.4. The van der Waals surface area contributed by atoms with Gasteiger partial charge >= 0.3 is 0 Å². The van der Waals surface area contributed by atoms with Crippen molar-refractivity contribution in [2.45, 2.75) is 37.3 Å². The number of ether oxygens (including phenoxy) is 2. The number of carbonyl (C=O) groups excluding carboxylic acids is 1. The van der Waals surface area contributed by atoms with Gasteiger partial charge in [-0.1, -0.05) is 6.07 Å². The van der Waals surface area contributed by atoms with Crippen molar-refractivity contribution in [3.63, 3.8) is 0 Å². The number of hydrogen-bond acceptors (Lipinski definition) is 5. The van der Waals surface area contributed by atoms with E-state index in [-0.39, 0.29) is 36.8 Å². The lowest BCUT2D eigenvalue weighted by molar-refractivity contribution is -0.119. The molecule has 0 radical (unpaired) electrons. The van der Waals surface area contributed by atoms with Gasteiger partial charge in [-0.05, 0) is 24.1 Å². The number of fused-ring (bicyclic) bond motifs is 1. The first-order valence-electron chi connectivity index (χ1n) is 7.98.